The molecular formula is C26H30N2O5. The second-order valence-electron chi connectivity index (χ2n) is 8.13. The predicted octanol–water partition coefficient (Wildman–Crippen LogP) is 4.21. The van der Waals surface area contributed by atoms with Gasteiger partial charge in [-0.05, 0) is 49.6 Å². The second-order valence-corrected chi connectivity index (χ2v) is 8.13. The molecule has 0 bridgehead atoms. The number of fused-ring (bicyclic) bond motifs is 3. The summed E-state index contributed by atoms with van der Waals surface area (Å²) in [7, 11) is 0. The molecule has 2 N–H and O–H groups in total. The van der Waals surface area contributed by atoms with Gasteiger partial charge >= 0.3 is 11.9 Å². The lowest BCUT2D eigenvalue weighted by molar-refractivity contribution is -0.167. The van der Waals surface area contributed by atoms with Crippen molar-refractivity contribution in [2.24, 2.45) is 0 Å². The zero-order valence-electron chi connectivity index (χ0n) is 19.3. The van der Waals surface area contributed by atoms with Crippen LogP contribution in [-0.2, 0) is 32.1 Å². The Balaban J connectivity index is 1.73. The SMILES string of the molecule is CCOC(=O)C1(C(=O)OCC)Cc2c([nH]c3ccc(OCc4ccccc4)cc23)[C@@H](CC)N1. The van der Waals surface area contributed by atoms with E-state index in [1.807, 2.05) is 55.5 Å². The molecule has 2 aromatic carbocycles. The summed E-state index contributed by atoms with van der Waals surface area (Å²) in [5.41, 5.74) is 2.29. The first kappa shape index (κ1) is 22.9. The first-order valence-electron chi connectivity index (χ1n) is 11.5. The minimum atomic E-state index is -1.59. The standard InChI is InChI=1S/C26H30N2O5/c1-4-21-23-20(15-26(28-21,24(29)31-5-2)25(30)32-6-3)19-14-18(12-13-22(19)27-23)33-16-17-10-8-7-9-11-17/h7-14,21,27-28H,4-6,15-16H2,1-3H3/t21-/m1/s1. The Bertz CT molecular complexity index is 1120. The largest absolute Gasteiger partial charge is 0.489 e. The van der Waals surface area contributed by atoms with E-state index in [-0.39, 0.29) is 25.7 Å². The molecule has 7 heteroatoms. The number of H-pyrrole nitrogens is 1. The van der Waals surface area contributed by atoms with E-state index in [1.54, 1.807) is 13.8 Å². The highest BCUT2D eigenvalue weighted by molar-refractivity contribution is 6.06. The number of hydrogen-bond acceptors (Lipinski definition) is 6. The lowest BCUT2D eigenvalue weighted by atomic mass is 9.82. The minimum absolute atomic E-state index is 0.138. The fourth-order valence-electron chi connectivity index (χ4n) is 4.41. The van der Waals surface area contributed by atoms with Crippen LogP contribution in [-0.4, -0.2) is 35.7 Å². The molecule has 1 aliphatic heterocycles. The number of benzene rings is 2. The zero-order valence-corrected chi connectivity index (χ0v) is 19.3. The van der Waals surface area contributed by atoms with Crippen LogP contribution >= 0.6 is 0 Å². The van der Waals surface area contributed by atoms with E-state index in [1.165, 1.54) is 0 Å². The van der Waals surface area contributed by atoms with Crippen molar-refractivity contribution in [1.82, 2.24) is 10.3 Å². The number of carbonyl (C=O) groups is 2. The van der Waals surface area contributed by atoms with Crippen LogP contribution in [0.1, 0.15) is 50.1 Å². The van der Waals surface area contributed by atoms with Gasteiger partial charge in [0.15, 0.2) is 0 Å². The molecule has 1 aliphatic rings. The van der Waals surface area contributed by atoms with Crippen LogP contribution in [0.25, 0.3) is 10.9 Å². The highest BCUT2D eigenvalue weighted by Crippen LogP contribution is 2.39. The van der Waals surface area contributed by atoms with E-state index in [4.69, 9.17) is 14.2 Å². The number of aromatic amines is 1. The number of ether oxygens (including phenoxy) is 3. The first-order valence-corrected chi connectivity index (χ1v) is 11.5. The van der Waals surface area contributed by atoms with Crippen LogP contribution in [0, 0.1) is 0 Å². The van der Waals surface area contributed by atoms with E-state index >= 15 is 0 Å². The molecule has 0 unspecified atom stereocenters. The average molecular weight is 451 g/mol. The van der Waals surface area contributed by atoms with Crippen LogP contribution < -0.4 is 10.1 Å². The van der Waals surface area contributed by atoms with Crippen molar-refractivity contribution >= 4 is 22.8 Å². The summed E-state index contributed by atoms with van der Waals surface area (Å²) >= 11 is 0. The van der Waals surface area contributed by atoms with Crippen molar-refractivity contribution in [2.45, 2.75) is 51.8 Å². The van der Waals surface area contributed by atoms with Crippen molar-refractivity contribution in [3.05, 3.63) is 65.4 Å². The topological polar surface area (TPSA) is 89.7 Å². The van der Waals surface area contributed by atoms with Gasteiger partial charge in [0.1, 0.15) is 12.4 Å². The molecule has 4 rings (SSSR count). The van der Waals surface area contributed by atoms with Gasteiger partial charge in [-0.15, -0.1) is 0 Å². The summed E-state index contributed by atoms with van der Waals surface area (Å²) in [5.74, 6) is -0.505. The summed E-state index contributed by atoms with van der Waals surface area (Å²) in [5, 5.41) is 4.18. The van der Waals surface area contributed by atoms with E-state index < -0.39 is 17.5 Å². The van der Waals surface area contributed by atoms with Crippen molar-refractivity contribution in [1.29, 1.82) is 0 Å². The Morgan fingerprint density at radius 1 is 1.00 bits per heavy atom. The minimum Gasteiger partial charge on any atom is -0.489 e. The molecule has 0 aliphatic carbocycles. The Hall–Kier alpha value is -3.32. The summed E-state index contributed by atoms with van der Waals surface area (Å²) < 4.78 is 16.7. The van der Waals surface area contributed by atoms with Gasteiger partial charge in [-0.3, -0.25) is 5.32 Å². The lowest BCUT2D eigenvalue weighted by Gasteiger charge is -2.38. The van der Waals surface area contributed by atoms with Crippen LogP contribution in [0.4, 0.5) is 0 Å². The van der Waals surface area contributed by atoms with Gasteiger partial charge in [0.2, 0.25) is 5.54 Å². The zero-order chi connectivity index (χ0) is 23.4. The van der Waals surface area contributed by atoms with Gasteiger partial charge in [0, 0.05) is 29.1 Å². The van der Waals surface area contributed by atoms with Gasteiger partial charge in [-0.25, -0.2) is 9.59 Å². The number of esters is 2. The number of nitrogens with one attached hydrogen (secondary N) is 2. The highest BCUT2D eigenvalue weighted by atomic mass is 16.6. The maximum Gasteiger partial charge on any atom is 0.338 e. The lowest BCUT2D eigenvalue weighted by Crippen LogP contribution is -2.63. The van der Waals surface area contributed by atoms with E-state index in [9.17, 15) is 9.59 Å². The van der Waals surface area contributed by atoms with Crippen molar-refractivity contribution in [3.8, 4) is 5.75 Å². The molecule has 7 nitrogen and oxygen atoms in total. The van der Waals surface area contributed by atoms with Gasteiger partial charge in [-0.2, -0.15) is 0 Å². The Labute approximate surface area is 193 Å². The summed E-state index contributed by atoms with van der Waals surface area (Å²) in [4.78, 5) is 29.6. The highest BCUT2D eigenvalue weighted by Gasteiger charge is 2.53. The van der Waals surface area contributed by atoms with Gasteiger partial charge in [-0.1, -0.05) is 37.3 Å². The molecule has 0 saturated carbocycles. The Morgan fingerprint density at radius 3 is 2.33 bits per heavy atom. The van der Waals surface area contributed by atoms with E-state index in [0.717, 1.165) is 33.5 Å². The maximum atomic E-state index is 13.1. The fourth-order valence-corrected chi connectivity index (χ4v) is 4.41. The quantitative estimate of drug-likeness (QED) is 0.395. The molecule has 3 aromatic rings. The van der Waals surface area contributed by atoms with Gasteiger partial charge < -0.3 is 19.2 Å². The Morgan fingerprint density at radius 2 is 1.70 bits per heavy atom. The molecule has 0 saturated heterocycles. The fraction of sp³-hybridized carbons (Fsp3) is 0.385. The molecule has 0 spiro atoms. The summed E-state index contributed by atoms with van der Waals surface area (Å²) in [6.45, 7) is 6.27. The second kappa shape index (κ2) is 9.67. The molecule has 174 valence electrons. The third-order valence-corrected chi connectivity index (χ3v) is 6.03. The Kier molecular flexibility index (Phi) is 6.70. The third-order valence-electron chi connectivity index (χ3n) is 6.03. The smallest absolute Gasteiger partial charge is 0.338 e. The predicted molar refractivity (Wildman–Crippen MR) is 125 cm³/mol. The first-order chi connectivity index (χ1) is 16.0. The molecule has 33 heavy (non-hydrogen) atoms. The molecular weight excluding hydrogens is 420 g/mol. The van der Waals surface area contributed by atoms with Gasteiger partial charge in [0.05, 0.1) is 13.2 Å². The maximum absolute atomic E-state index is 13.1. The van der Waals surface area contributed by atoms with Crippen molar-refractivity contribution in [2.75, 3.05) is 13.2 Å². The molecule has 1 atom stereocenters. The van der Waals surface area contributed by atoms with Crippen LogP contribution in [0.5, 0.6) is 5.75 Å². The molecule has 1 aromatic heterocycles. The number of rotatable bonds is 8. The number of hydrogen-bond donors (Lipinski definition) is 2. The molecule has 0 radical (unpaired) electrons. The summed E-state index contributed by atoms with van der Waals surface area (Å²) in [6, 6.07) is 15.6. The monoisotopic (exact) mass is 450 g/mol. The van der Waals surface area contributed by atoms with Crippen LogP contribution in [0.2, 0.25) is 0 Å². The summed E-state index contributed by atoms with van der Waals surface area (Å²) in [6.07, 6.45) is 0.816. The van der Waals surface area contributed by atoms with Crippen LogP contribution in [0.3, 0.4) is 0 Å². The normalized spacial score (nSPS) is 16.8. The number of aromatic nitrogens is 1. The average Bonchev–Trinajstić information content (AvgIpc) is 3.20. The van der Waals surface area contributed by atoms with E-state index in [0.29, 0.717) is 13.0 Å². The van der Waals surface area contributed by atoms with Gasteiger partial charge in [0.25, 0.3) is 0 Å². The van der Waals surface area contributed by atoms with Crippen molar-refractivity contribution in [3.63, 3.8) is 0 Å². The molecule has 0 amide bonds. The molecule has 0 fully saturated rings. The third kappa shape index (κ3) is 4.33. The van der Waals surface area contributed by atoms with E-state index in [2.05, 4.69) is 10.3 Å². The van der Waals surface area contributed by atoms with Crippen LogP contribution in [0.15, 0.2) is 48.5 Å². The number of carbonyl (C=O) groups excluding carboxylic acids is 2. The van der Waals surface area contributed by atoms with Crippen molar-refractivity contribution < 1.29 is 23.8 Å². The molecule has 2 heterocycles.